The molecule has 7 nitrogen and oxygen atoms in total. The number of carboxylic acids is 1. The number of hydrogen-bond acceptors (Lipinski definition) is 5. The average Bonchev–Trinajstić information content (AvgIpc) is 3.08. The number of amides is 1. The minimum Gasteiger partial charge on any atom is -0.493 e. The first-order valence-electron chi connectivity index (χ1n) is 9.16. The van der Waals surface area contributed by atoms with Crippen LogP contribution >= 0.6 is 0 Å². The van der Waals surface area contributed by atoms with Crippen molar-refractivity contribution in [2.45, 2.75) is 19.4 Å². The first-order chi connectivity index (χ1) is 12.5. The number of benzene rings is 1. The lowest BCUT2D eigenvalue weighted by molar-refractivity contribution is -0.138. The summed E-state index contributed by atoms with van der Waals surface area (Å²) in [5, 5.41) is 8.71. The maximum Gasteiger partial charge on any atom is 0.304 e. The van der Waals surface area contributed by atoms with Crippen molar-refractivity contribution in [3.8, 4) is 5.75 Å². The molecule has 1 aromatic carbocycles. The number of carboxylic acid groups (broad SMARTS) is 1. The van der Waals surface area contributed by atoms with Crippen molar-refractivity contribution in [3.63, 3.8) is 0 Å². The van der Waals surface area contributed by atoms with Crippen LogP contribution in [0.1, 0.15) is 17.5 Å². The number of carbonyl (C=O) groups excluding carboxylic acids is 1. The molecule has 2 aliphatic heterocycles. The third kappa shape index (κ3) is 4.95. The topological polar surface area (TPSA) is 73.3 Å². The van der Waals surface area contributed by atoms with Crippen molar-refractivity contribution in [2.24, 2.45) is 0 Å². The molecule has 0 unspecified atom stereocenters. The van der Waals surface area contributed by atoms with Crippen LogP contribution in [-0.2, 0) is 22.6 Å². The van der Waals surface area contributed by atoms with Gasteiger partial charge < -0.3 is 14.7 Å². The number of likely N-dealkylation sites (N-methyl/N-ethyl adjacent to an activating group) is 1. The molecule has 142 valence electrons. The Bertz CT molecular complexity index is 656. The Morgan fingerprint density at radius 2 is 2.00 bits per heavy atom. The lowest BCUT2D eigenvalue weighted by Crippen LogP contribution is -2.50. The van der Waals surface area contributed by atoms with Gasteiger partial charge in [0.05, 0.1) is 19.6 Å². The monoisotopic (exact) mass is 361 g/mol. The van der Waals surface area contributed by atoms with Gasteiger partial charge in [-0.3, -0.25) is 19.4 Å². The predicted molar refractivity (Wildman–Crippen MR) is 97.2 cm³/mol. The Balaban J connectivity index is 1.42. The number of fused-ring (bicyclic) bond motifs is 1. The van der Waals surface area contributed by atoms with E-state index in [0.29, 0.717) is 6.54 Å². The molecule has 2 aliphatic rings. The largest absolute Gasteiger partial charge is 0.493 e. The lowest BCUT2D eigenvalue weighted by atomic mass is 10.1. The summed E-state index contributed by atoms with van der Waals surface area (Å²) < 4.78 is 5.55. The van der Waals surface area contributed by atoms with E-state index in [0.717, 1.165) is 51.5 Å². The van der Waals surface area contributed by atoms with Crippen molar-refractivity contribution in [3.05, 3.63) is 29.3 Å². The summed E-state index contributed by atoms with van der Waals surface area (Å²) in [6.07, 6.45) is 1.05. The summed E-state index contributed by atoms with van der Waals surface area (Å²) in [7, 11) is 1.79. The summed E-state index contributed by atoms with van der Waals surface area (Å²) in [6, 6.07) is 6.42. The second-order valence-electron chi connectivity index (χ2n) is 7.08. The molecule has 1 saturated heterocycles. The highest BCUT2D eigenvalue weighted by Gasteiger charge is 2.22. The van der Waals surface area contributed by atoms with E-state index in [1.54, 1.807) is 11.9 Å². The summed E-state index contributed by atoms with van der Waals surface area (Å²) in [5.74, 6) is 0.249. The SMILES string of the molecule is CN(CCC(=O)O)CC(=O)N1CCN(Cc2ccc3c(c2)CCO3)CC1. The highest BCUT2D eigenvalue weighted by Crippen LogP contribution is 2.26. The first-order valence-corrected chi connectivity index (χ1v) is 9.16. The van der Waals surface area contributed by atoms with Crippen LogP contribution in [0, 0.1) is 0 Å². The number of rotatable bonds is 7. The van der Waals surface area contributed by atoms with Crippen molar-refractivity contribution in [1.29, 1.82) is 0 Å². The summed E-state index contributed by atoms with van der Waals surface area (Å²) in [4.78, 5) is 29.0. The molecule has 3 rings (SSSR count). The van der Waals surface area contributed by atoms with Gasteiger partial charge >= 0.3 is 5.97 Å². The Kier molecular flexibility index (Phi) is 6.11. The Morgan fingerprint density at radius 3 is 2.73 bits per heavy atom. The fourth-order valence-electron chi connectivity index (χ4n) is 3.45. The summed E-state index contributed by atoms with van der Waals surface area (Å²) in [5.41, 5.74) is 2.59. The number of piperazine rings is 1. The van der Waals surface area contributed by atoms with E-state index in [2.05, 4.69) is 23.1 Å². The highest BCUT2D eigenvalue weighted by atomic mass is 16.5. The van der Waals surface area contributed by atoms with Crippen LogP contribution in [-0.4, -0.2) is 84.6 Å². The quantitative estimate of drug-likeness (QED) is 0.770. The zero-order valence-corrected chi connectivity index (χ0v) is 15.3. The molecule has 0 radical (unpaired) electrons. The molecule has 1 aromatic rings. The smallest absolute Gasteiger partial charge is 0.304 e. The van der Waals surface area contributed by atoms with Gasteiger partial charge in [0.15, 0.2) is 0 Å². The van der Waals surface area contributed by atoms with Crippen LogP contribution < -0.4 is 4.74 Å². The van der Waals surface area contributed by atoms with Gasteiger partial charge in [0, 0.05) is 45.7 Å². The molecule has 1 amide bonds. The molecule has 7 heteroatoms. The van der Waals surface area contributed by atoms with Crippen LogP contribution in [0.3, 0.4) is 0 Å². The Morgan fingerprint density at radius 1 is 1.23 bits per heavy atom. The maximum absolute atomic E-state index is 12.4. The Hall–Kier alpha value is -2.12. The molecule has 0 saturated carbocycles. The lowest BCUT2D eigenvalue weighted by Gasteiger charge is -2.35. The van der Waals surface area contributed by atoms with Crippen molar-refractivity contribution >= 4 is 11.9 Å². The third-order valence-corrected chi connectivity index (χ3v) is 5.00. The second kappa shape index (κ2) is 8.51. The molecular weight excluding hydrogens is 334 g/mol. The fraction of sp³-hybridized carbons (Fsp3) is 0.579. The van der Waals surface area contributed by atoms with Crippen LogP contribution in [0.5, 0.6) is 5.75 Å². The van der Waals surface area contributed by atoms with Gasteiger partial charge in [-0.05, 0) is 24.2 Å². The minimum atomic E-state index is -0.837. The summed E-state index contributed by atoms with van der Waals surface area (Å²) in [6.45, 7) is 5.51. The molecule has 0 spiro atoms. The molecule has 1 N–H and O–H groups in total. The van der Waals surface area contributed by atoms with Crippen LogP contribution in [0.15, 0.2) is 18.2 Å². The summed E-state index contributed by atoms with van der Waals surface area (Å²) >= 11 is 0. The minimum absolute atomic E-state index is 0.0589. The molecule has 0 atom stereocenters. The van der Waals surface area contributed by atoms with Gasteiger partial charge in [0.25, 0.3) is 0 Å². The van der Waals surface area contributed by atoms with E-state index in [9.17, 15) is 9.59 Å². The van der Waals surface area contributed by atoms with Gasteiger partial charge in [-0.25, -0.2) is 0 Å². The number of nitrogens with zero attached hydrogens (tertiary/aromatic N) is 3. The fourth-order valence-corrected chi connectivity index (χ4v) is 3.45. The highest BCUT2D eigenvalue weighted by molar-refractivity contribution is 5.78. The van der Waals surface area contributed by atoms with Crippen molar-refractivity contribution < 1.29 is 19.4 Å². The first kappa shape index (κ1) is 18.7. The third-order valence-electron chi connectivity index (χ3n) is 5.00. The van der Waals surface area contributed by atoms with Gasteiger partial charge in [-0.2, -0.15) is 0 Å². The number of ether oxygens (including phenoxy) is 1. The van der Waals surface area contributed by atoms with E-state index in [-0.39, 0.29) is 18.9 Å². The average molecular weight is 361 g/mol. The Labute approximate surface area is 154 Å². The predicted octanol–water partition coefficient (Wildman–Crippen LogP) is 0.672. The van der Waals surface area contributed by atoms with Gasteiger partial charge in [-0.1, -0.05) is 12.1 Å². The molecule has 2 heterocycles. The molecule has 0 bridgehead atoms. The van der Waals surface area contributed by atoms with Gasteiger partial charge in [-0.15, -0.1) is 0 Å². The van der Waals surface area contributed by atoms with Crippen molar-refractivity contribution in [1.82, 2.24) is 14.7 Å². The van der Waals surface area contributed by atoms with E-state index in [1.165, 1.54) is 11.1 Å². The number of hydrogen-bond donors (Lipinski definition) is 1. The zero-order chi connectivity index (χ0) is 18.5. The number of carbonyl (C=O) groups is 2. The molecule has 0 aromatic heterocycles. The van der Waals surface area contributed by atoms with Gasteiger partial charge in [0.2, 0.25) is 5.91 Å². The standard InChI is InChI=1S/C19H27N3O4/c1-20(6-4-19(24)25)14-18(23)22-9-7-21(8-10-22)13-15-2-3-17-16(12-15)5-11-26-17/h2-3,12H,4-11,13-14H2,1H3,(H,24,25). The molecular formula is C19H27N3O4. The van der Waals surface area contributed by atoms with Crippen LogP contribution in [0.25, 0.3) is 0 Å². The van der Waals surface area contributed by atoms with E-state index in [4.69, 9.17) is 9.84 Å². The van der Waals surface area contributed by atoms with Crippen LogP contribution in [0.4, 0.5) is 0 Å². The van der Waals surface area contributed by atoms with Crippen molar-refractivity contribution in [2.75, 3.05) is 52.9 Å². The van der Waals surface area contributed by atoms with Gasteiger partial charge in [0.1, 0.15) is 5.75 Å². The van der Waals surface area contributed by atoms with Crippen LogP contribution in [0.2, 0.25) is 0 Å². The molecule has 26 heavy (non-hydrogen) atoms. The van der Waals surface area contributed by atoms with E-state index < -0.39 is 5.97 Å². The zero-order valence-electron chi connectivity index (χ0n) is 15.3. The van der Waals surface area contributed by atoms with E-state index in [1.807, 2.05) is 4.90 Å². The maximum atomic E-state index is 12.4. The molecule has 0 aliphatic carbocycles. The second-order valence-corrected chi connectivity index (χ2v) is 7.08. The number of aliphatic carboxylic acids is 1. The van der Waals surface area contributed by atoms with E-state index >= 15 is 0 Å². The molecule has 1 fully saturated rings. The normalized spacial score (nSPS) is 17.2.